The molecule has 0 radical (unpaired) electrons. The van der Waals surface area contributed by atoms with Gasteiger partial charge in [0.15, 0.2) is 0 Å². The maximum atomic E-state index is 3.80. The van der Waals surface area contributed by atoms with Crippen molar-refractivity contribution in [2.75, 3.05) is 6.54 Å². The van der Waals surface area contributed by atoms with E-state index < -0.39 is 0 Å². The standard InChI is InChI=1S/C18H29N/c1-3-17(15-11-7-5-8-12-15)18(19-4-2)16-13-9-6-10-14-16/h5,7-8,11-12,16-19H,3-4,6,9-10,13-14H2,1-2H3. The maximum Gasteiger partial charge on any atom is 0.0164 e. The highest BCUT2D eigenvalue weighted by atomic mass is 14.9. The summed E-state index contributed by atoms with van der Waals surface area (Å²) in [5, 5.41) is 3.80. The Balaban J connectivity index is 2.15. The first-order chi connectivity index (χ1) is 9.36. The lowest BCUT2D eigenvalue weighted by molar-refractivity contribution is 0.238. The van der Waals surface area contributed by atoms with Crippen LogP contribution in [0.3, 0.4) is 0 Å². The van der Waals surface area contributed by atoms with E-state index in [0.717, 1.165) is 12.5 Å². The van der Waals surface area contributed by atoms with E-state index >= 15 is 0 Å². The molecule has 0 amide bonds. The molecule has 1 heteroatoms. The summed E-state index contributed by atoms with van der Waals surface area (Å²) in [4.78, 5) is 0. The summed E-state index contributed by atoms with van der Waals surface area (Å²) in [6.07, 6.45) is 8.37. The third kappa shape index (κ3) is 3.82. The van der Waals surface area contributed by atoms with Crippen molar-refractivity contribution in [2.24, 2.45) is 5.92 Å². The minimum atomic E-state index is 0.665. The van der Waals surface area contributed by atoms with Crippen LogP contribution in [0.25, 0.3) is 0 Å². The minimum absolute atomic E-state index is 0.665. The maximum absolute atomic E-state index is 3.80. The van der Waals surface area contributed by atoms with Crippen LogP contribution in [0.2, 0.25) is 0 Å². The summed E-state index contributed by atoms with van der Waals surface area (Å²) < 4.78 is 0. The van der Waals surface area contributed by atoms with Crippen molar-refractivity contribution in [1.82, 2.24) is 5.32 Å². The molecule has 1 saturated carbocycles. The van der Waals surface area contributed by atoms with Gasteiger partial charge in [-0.3, -0.25) is 0 Å². The molecule has 0 spiro atoms. The highest BCUT2D eigenvalue weighted by molar-refractivity contribution is 5.21. The Labute approximate surface area is 118 Å². The Morgan fingerprint density at radius 2 is 1.74 bits per heavy atom. The molecule has 1 nitrogen and oxygen atoms in total. The minimum Gasteiger partial charge on any atom is -0.313 e. The van der Waals surface area contributed by atoms with Crippen molar-refractivity contribution in [2.45, 2.75) is 64.3 Å². The summed E-state index contributed by atoms with van der Waals surface area (Å²) >= 11 is 0. The summed E-state index contributed by atoms with van der Waals surface area (Å²) in [6.45, 7) is 5.67. The van der Waals surface area contributed by atoms with Crippen LogP contribution in [0.4, 0.5) is 0 Å². The third-order valence-corrected chi connectivity index (χ3v) is 4.70. The highest BCUT2D eigenvalue weighted by Gasteiger charge is 2.29. The molecule has 1 aliphatic carbocycles. The van der Waals surface area contributed by atoms with Gasteiger partial charge in [0.25, 0.3) is 0 Å². The molecule has 0 aliphatic heterocycles. The van der Waals surface area contributed by atoms with Gasteiger partial charge in [-0.15, -0.1) is 0 Å². The molecule has 106 valence electrons. The van der Waals surface area contributed by atoms with Crippen LogP contribution in [-0.4, -0.2) is 12.6 Å². The van der Waals surface area contributed by atoms with Crippen LogP contribution in [-0.2, 0) is 0 Å². The zero-order valence-corrected chi connectivity index (χ0v) is 12.6. The molecular formula is C18H29N. The first-order valence-corrected chi connectivity index (χ1v) is 8.15. The normalized spacial score (nSPS) is 20.1. The summed E-state index contributed by atoms with van der Waals surface area (Å²) in [5.41, 5.74) is 1.52. The van der Waals surface area contributed by atoms with Gasteiger partial charge in [0.2, 0.25) is 0 Å². The van der Waals surface area contributed by atoms with Crippen LogP contribution < -0.4 is 5.32 Å². The molecule has 1 aromatic rings. The van der Waals surface area contributed by atoms with Crippen LogP contribution >= 0.6 is 0 Å². The Morgan fingerprint density at radius 3 is 2.32 bits per heavy atom. The number of benzene rings is 1. The highest BCUT2D eigenvalue weighted by Crippen LogP contribution is 2.35. The Kier molecular flexibility index (Phi) is 5.91. The second-order valence-corrected chi connectivity index (χ2v) is 5.91. The number of hydrogen-bond acceptors (Lipinski definition) is 1. The molecule has 0 heterocycles. The van der Waals surface area contributed by atoms with Gasteiger partial charge in [0.1, 0.15) is 0 Å². The summed E-state index contributed by atoms with van der Waals surface area (Å²) in [5.74, 6) is 1.54. The topological polar surface area (TPSA) is 12.0 Å². The van der Waals surface area contributed by atoms with Crippen LogP contribution in [0.15, 0.2) is 30.3 Å². The second kappa shape index (κ2) is 7.69. The fraction of sp³-hybridized carbons (Fsp3) is 0.667. The van der Waals surface area contributed by atoms with Gasteiger partial charge in [-0.1, -0.05) is 63.4 Å². The zero-order valence-electron chi connectivity index (χ0n) is 12.6. The fourth-order valence-corrected chi connectivity index (χ4v) is 3.76. The van der Waals surface area contributed by atoms with Gasteiger partial charge in [-0.25, -0.2) is 0 Å². The van der Waals surface area contributed by atoms with Crippen molar-refractivity contribution in [3.8, 4) is 0 Å². The number of hydrogen-bond donors (Lipinski definition) is 1. The molecule has 1 aliphatic rings. The van der Waals surface area contributed by atoms with E-state index in [2.05, 4.69) is 49.5 Å². The molecule has 2 unspecified atom stereocenters. The molecule has 2 atom stereocenters. The molecule has 1 fully saturated rings. The van der Waals surface area contributed by atoms with E-state index in [-0.39, 0.29) is 0 Å². The Hall–Kier alpha value is -0.820. The zero-order chi connectivity index (χ0) is 13.5. The van der Waals surface area contributed by atoms with Crippen molar-refractivity contribution in [1.29, 1.82) is 0 Å². The van der Waals surface area contributed by atoms with E-state index in [9.17, 15) is 0 Å². The first kappa shape index (κ1) is 14.6. The average Bonchev–Trinajstić information content (AvgIpc) is 2.49. The van der Waals surface area contributed by atoms with Gasteiger partial charge in [-0.2, -0.15) is 0 Å². The molecular weight excluding hydrogens is 230 g/mol. The fourth-order valence-electron chi connectivity index (χ4n) is 3.76. The van der Waals surface area contributed by atoms with Gasteiger partial charge in [0, 0.05) is 6.04 Å². The van der Waals surface area contributed by atoms with Crippen molar-refractivity contribution >= 4 is 0 Å². The van der Waals surface area contributed by atoms with E-state index in [1.807, 2.05) is 0 Å². The van der Waals surface area contributed by atoms with E-state index in [1.165, 1.54) is 44.1 Å². The SMILES string of the molecule is CCNC(C1CCCCC1)C(CC)c1ccccc1. The molecule has 0 bridgehead atoms. The van der Waals surface area contributed by atoms with Gasteiger partial charge >= 0.3 is 0 Å². The lowest BCUT2D eigenvalue weighted by Crippen LogP contribution is -2.41. The van der Waals surface area contributed by atoms with Gasteiger partial charge < -0.3 is 5.32 Å². The van der Waals surface area contributed by atoms with Crippen LogP contribution in [0, 0.1) is 5.92 Å². The van der Waals surface area contributed by atoms with E-state index in [1.54, 1.807) is 0 Å². The smallest absolute Gasteiger partial charge is 0.0164 e. The number of nitrogens with one attached hydrogen (secondary N) is 1. The summed E-state index contributed by atoms with van der Waals surface area (Å²) in [7, 11) is 0. The van der Waals surface area contributed by atoms with E-state index in [0.29, 0.717) is 12.0 Å². The quantitative estimate of drug-likeness (QED) is 0.778. The van der Waals surface area contributed by atoms with E-state index in [4.69, 9.17) is 0 Å². The predicted octanol–water partition coefficient (Wildman–Crippen LogP) is 4.74. The number of rotatable bonds is 6. The number of likely N-dealkylation sites (N-methyl/N-ethyl adjacent to an activating group) is 1. The Bertz CT molecular complexity index is 340. The molecule has 0 aromatic heterocycles. The Morgan fingerprint density at radius 1 is 1.05 bits per heavy atom. The predicted molar refractivity (Wildman–Crippen MR) is 83.5 cm³/mol. The van der Waals surface area contributed by atoms with Crippen molar-refractivity contribution < 1.29 is 0 Å². The third-order valence-electron chi connectivity index (χ3n) is 4.70. The lowest BCUT2D eigenvalue weighted by Gasteiger charge is -2.36. The molecule has 1 N–H and O–H groups in total. The molecule has 0 saturated heterocycles. The van der Waals surface area contributed by atoms with Crippen LogP contribution in [0.5, 0.6) is 0 Å². The largest absolute Gasteiger partial charge is 0.313 e. The average molecular weight is 259 g/mol. The molecule has 19 heavy (non-hydrogen) atoms. The summed E-state index contributed by atoms with van der Waals surface area (Å²) in [6, 6.07) is 11.8. The van der Waals surface area contributed by atoms with Gasteiger partial charge in [-0.05, 0) is 43.2 Å². The first-order valence-electron chi connectivity index (χ1n) is 8.15. The lowest BCUT2D eigenvalue weighted by atomic mass is 9.75. The van der Waals surface area contributed by atoms with Crippen molar-refractivity contribution in [3.05, 3.63) is 35.9 Å². The molecule has 1 aromatic carbocycles. The van der Waals surface area contributed by atoms with Gasteiger partial charge in [0.05, 0.1) is 0 Å². The second-order valence-electron chi connectivity index (χ2n) is 5.91. The molecule has 2 rings (SSSR count). The van der Waals surface area contributed by atoms with Crippen molar-refractivity contribution in [3.63, 3.8) is 0 Å². The monoisotopic (exact) mass is 259 g/mol. The van der Waals surface area contributed by atoms with Crippen LogP contribution in [0.1, 0.15) is 63.9 Å².